The Kier molecular flexibility index (Phi) is 3.26. The fraction of sp³-hybridized carbons (Fsp3) is 0.250. The summed E-state index contributed by atoms with van der Waals surface area (Å²) in [6, 6.07) is 1.51. The van der Waals surface area contributed by atoms with Gasteiger partial charge in [0.2, 0.25) is 5.76 Å². The Morgan fingerprint density at radius 2 is 2.10 bits per heavy atom. The molecule has 1 N–H and O–H groups in total. The molecule has 3 rings (SSSR count). The molecule has 0 bridgehead atoms. The van der Waals surface area contributed by atoms with Crippen LogP contribution in [0.25, 0.3) is 10.8 Å². The van der Waals surface area contributed by atoms with Crippen molar-refractivity contribution in [1.82, 2.24) is 20.3 Å². The van der Waals surface area contributed by atoms with E-state index in [0.29, 0.717) is 11.6 Å². The minimum Gasteiger partial charge on any atom is -0.402 e. The molecule has 21 heavy (non-hydrogen) atoms. The Balaban J connectivity index is 1.79. The Hall–Kier alpha value is -2.55. The standard InChI is InChI=1S/C12H11N5O3S/c1-5-4-8(20-17-5)10(18)14-12-16-15-11(19-12)9-6(2)13-7(3)21-9/h4H,1-3H3,(H,14,16,18). The summed E-state index contributed by atoms with van der Waals surface area (Å²) in [4.78, 5) is 16.9. The predicted octanol–water partition coefficient (Wildman–Crippen LogP) is 2.36. The van der Waals surface area contributed by atoms with Crippen molar-refractivity contribution in [2.24, 2.45) is 0 Å². The maximum Gasteiger partial charge on any atom is 0.322 e. The van der Waals surface area contributed by atoms with Crippen molar-refractivity contribution in [1.29, 1.82) is 0 Å². The molecule has 108 valence electrons. The molecule has 0 unspecified atom stereocenters. The van der Waals surface area contributed by atoms with Crippen molar-refractivity contribution in [3.05, 3.63) is 28.2 Å². The number of rotatable bonds is 3. The Morgan fingerprint density at radius 1 is 1.29 bits per heavy atom. The van der Waals surface area contributed by atoms with Gasteiger partial charge in [-0.3, -0.25) is 10.1 Å². The van der Waals surface area contributed by atoms with Gasteiger partial charge in [-0.05, 0) is 20.8 Å². The number of aromatic nitrogens is 4. The summed E-state index contributed by atoms with van der Waals surface area (Å²) in [7, 11) is 0. The van der Waals surface area contributed by atoms with Crippen LogP contribution in [0.3, 0.4) is 0 Å². The second kappa shape index (κ2) is 5.09. The lowest BCUT2D eigenvalue weighted by molar-refractivity contribution is 0.0985. The smallest absolute Gasteiger partial charge is 0.322 e. The summed E-state index contributed by atoms with van der Waals surface area (Å²) >= 11 is 1.45. The monoisotopic (exact) mass is 305 g/mol. The number of hydrogen-bond acceptors (Lipinski definition) is 8. The fourth-order valence-corrected chi connectivity index (χ4v) is 2.57. The van der Waals surface area contributed by atoms with Crippen LogP contribution in [0.5, 0.6) is 0 Å². The second-order valence-corrected chi connectivity index (χ2v) is 5.55. The first-order valence-electron chi connectivity index (χ1n) is 6.05. The van der Waals surface area contributed by atoms with Gasteiger partial charge in [-0.2, -0.15) is 0 Å². The van der Waals surface area contributed by atoms with Crippen molar-refractivity contribution < 1.29 is 13.7 Å². The van der Waals surface area contributed by atoms with Crippen LogP contribution in [-0.2, 0) is 0 Å². The van der Waals surface area contributed by atoms with Crippen LogP contribution >= 0.6 is 11.3 Å². The topological polar surface area (TPSA) is 107 Å². The molecule has 9 heteroatoms. The number of aryl methyl sites for hydroxylation is 3. The van der Waals surface area contributed by atoms with Crippen LogP contribution in [0.4, 0.5) is 6.01 Å². The molecule has 1 amide bonds. The Bertz CT molecular complexity index is 804. The molecule has 0 saturated carbocycles. The highest BCUT2D eigenvalue weighted by atomic mass is 32.1. The van der Waals surface area contributed by atoms with Gasteiger partial charge < -0.3 is 8.94 Å². The normalized spacial score (nSPS) is 10.8. The van der Waals surface area contributed by atoms with Crippen LogP contribution in [0.2, 0.25) is 0 Å². The number of carbonyl (C=O) groups is 1. The molecule has 0 radical (unpaired) electrons. The Morgan fingerprint density at radius 3 is 2.71 bits per heavy atom. The van der Waals surface area contributed by atoms with Crippen LogP contribution in [-0.4, -0.2) is 26.2 Å². The van der Waals surface area contributed by atoms with Crippen molar-refractivity contribution in [3.8, 4) is 10.8 Å². The lowest BCUT2D eigenvalue weighted by Crippen LogP contribution is -2.11. The van der Waals surface area contributed by atoms with Crippen LogP contribution in [0.15, 0.2) is 15.0 Å². The molecule has 0 saturated heterocycles. The predicted molar refractivity (Wildman–Crippen MR) is 74.1 cm³/mol. The molecule has 0 fully saturated rings. The third-order valence-corrected chi connectivity index (χ3v) is 3.66. The van der Waals surface area contributed by atoms with Gasteiger partial charge in [0.1, 0.15) is 4.88 Å². The van der Waals surface area contributed by atoms with Gasteiger partial charge >= 0.3 is 6.01 Å². The zero-order valence-corrected chi connectivity index (χ0v) is 12.3. The third kappa shape index (κ3) is 2.68. The van der Waals surface area contributed by atoms with Gasteiger partial charge in [-0.15, -0.1) is 16.4 Å². The van der Waals surface area contributed by atoms with Crippen LogP contribution in [0.1, 0.15) is 27.0 Å². The number of nitrogens with one attached hydrogen (secondary N) is 1. The van der Waals surface area contributed by atoms with Gasteiger partial charge in [0.25, 0.3) is 11.8 Å². The van der Waals surface area contributed by atoms with Crippen molar-refractivity contribution in [2.45, 2.75) is 20.8 Å². The maximum atomic E-state index is 11.9. The minimum absolute atomic E-state index is 0.00509. The molecule has 3 aromatic heterocycles. The molecule has 0 aromatic carbocycles. The largest absolute Gasteiger partial charge is 0.402 e. The molecular weight excluding hydrogens is 294 g/mol. The highest BCUT2D eigenvalue weighted by Crippen LogP contribution is 2.29. The zero-order valence-electron chi connectivity index (χ0n) is 11.5. The van der Waals surface area contributed by atoms with E-state index in [2.05, 4.69) is 25.7 Å². The van der Waals surface area contributed by atoms with Crippen LogP contribution < -0.4 is 5.32 Å². The van der Waals surface area contributed by atoms with E-state index < -0.39 is 5.91 Å². The Labute approximate surface area is 123 Å². The van der Waals surface area contributed by atoms with Crippen molar-refractivity contribution in [3.63, 3.8) is 0 Å². The molecule has 3 heterocycles. The first-order valence-corrected chi connectivity index (χ1v) is 6.87. The molecule has 0 aliphatic carbocycles. The number of thiazole rings is 1. The fourth-order valence-electron chi connectivity index (χ4n) is 1.72. The molecule has 3 aromatic rings. The number of hydrogen-bond donors (Lipinski definition) is 1. The number of nitrogens with zero attached hydrogens (tertiary/aromatic N) is 4. The minimum atomic E-state index is -0.497. The molecule has 0 aliphatic heterocycles. The molecule has 8 nitrogen and oxygen atoms in total. The number of carbonyl (C=O) groups excluding carboxylic acids is 1. The highest BCUT2D eigenvalue weighted by molar-refractivity contribution is 7.15. The SMILES string of the molecule is Cc1cc(C(=O)Nc2nnc(-c3sc(C)nc3C)o2)on1. The molecule has 0 atom stereocenters. The maximum absolute atomic E-state index is 11.9. The zero-order chi connectivity index (χ0) is 15.0. The van der Waals surface area contributed by atoms with E-state index in [4.69, 9.17) is 8.94 Å². The third-order valence-electron chi connectivity index (χ3n) is 2.59. The molecule has 0 spiro atoms. The first kappa shape index (κ1) is 13.4. The number of anilines is 1. The second-order valence-electron chi connectivity index (χ2n) is 4.35. The van der Waals surface area contributed by atoms with E-state index in [9.17, 15) is 4.79 Å². The quantitative estimate of drug-likeness (QED) is 0.791. The van der Waals surface area contributed by atoms with Gasteiger partial charge in [0, 0.05) is 6.07 Å². The summed E-state index contributed by atoms with van der Waals surface area (Å²) in [6.07, 6.45) is 0. The van der Waals surface area contributed by atoms with Crippen molar-refractivity contribution in [2.75, 3.05) is 5.32 Å². The average Bonchev–Trinajstić information content (AvgIpc) is 3.10. The van der Waals surface area contributed by atoms with Gasteiger partial charge in [-0.25, -0.2) is 4.98 Å². The van der Waals surface area contributed by atoms with Crippen LogP contribution in [0, 0.1) is 20.8 Å². The summed E-state index contributed by atoms with van der Waals surface area (Å²) in [6.45, 7) is 5.48. The van der Waals surface area contributed by atoms with E-state index in [1.807, 2.05) is 13.8 Å². The first-order chi connectivity index (χ1) is 10.0. The van der Waals surface area contributed by atoms with E-state index in [-0.39, 0.29) is 11.8 Å². The van der Waals surface area contributed by atoms with E-state index in [1.54, 1.807) is 6.92 Å². The van der Waals surface area contributed by atoms with Gasteiger partial charge in [-0.1, -0.05) is 10.3 Å². The summed E-state index contributed by atoms with van der Waals surface area (Å²) in [5.41, 5.74) is 1.42. The average molecular weight is 305 g/mol. The highest BCUT2D eigenvalue weighted by Gasteiger charge is 2.18. The van der Waals surface area contributed by atoms with Gasteiger partial charge in [0.15, 0.2) is 0 Å². The van der Waals surface area contributed by atoms with Gasteiger partial charge in [0.05, 0.1) is 16.4 Å². The summed E-state index contributed by atoms with van der Waals surface area (Å²) in [5.74, 6) is -0.0952. The summed E-state index contributed by atoms with van der Waals surface area (Å²) < 4.78 is 10.3. The van der Waals surface area contributed by atoms with Crippen molar-refractivity contribution >= 4 is 23.3 Å². The lowest BCUT2D eigenvalue weighted by atomic mass is 10.4. The lowest BCUT2D eigenvalue weighted by Gasteiger charge is -1.94. The summed E-state index contributed by atoms with van der Waals surface area (Å²) in [5, 5.41) is 14.7. The molecule has 0 aliphatic rings. The molecular formula is C12H11N5O3S. The van der Waals surface area contributed by atoms with E-state index in [1.165, 1.54) is 17.4 Å². The number of amides is 1. The van der Waals surface area contributed by atoms with E-state index >= 15 is 0 Å². The van der Waals surface area contributed by atoms with E-state index in [0.717, 1.165) is 15.6 Å².